The quantitative estimate of drug-likeness (QED) is 0.0893. The minimum absolute atomic E-state index is 0.102. The van der Waals surface area contributed by atoms with E-state index in [2.05, 4.69) is 38.2 Å². The molecule has 0 heterocycles. The Hall–Kier alpha value is -1.58. The maximum absolute atomic E-state index is 11.7. The normalized spacial score (nSPS) is 11.4. The molecule has 32 heavy (non-hydrogen) atoms. The monoisotopic (exact) mass is 450 g/mol. The Bertz CT molecular complexity index is 438. The number of ether oxygens (including phenoxy) is 2. The van der Waals surface area contributed by atoms with Crippen LogP contribution in [0.3, 0.4) is 0 Å². The van der Waals surface area contributed by atoms with Crippen LogP contribution in [0.4, 0.5) is 0 Å². The molecule has 0 aromatic heterocycles. The molecule has 0 aromatic carbocycles. The average molecular weight is 451 g/mol. The maximum Gasteiger partial charge on any atom is 0.306 e. The van der Waals surface area contributed by atoms with E-state index in [9.17, 15) is 9.59 Å². The molecule has 0 radical (unpaired) electrons. The first-order valence-corrected chi connectivity index (χ1v) is 13.3. The number of allylic oxidation sites excluding steroid dienone is 4. The minimum Gasteiger partial charge on any atom is -0.466 e. The van der Waals surface area contributed by atoms with Gasteiger partial charge in [0, 0.05) is 0 Å². The van der Waals surface area contributed by atoms with Gasteiger partial charge in [0.25, 0.3) is 0 Å². The summed E-state index contributed by atoms with van der Waals surface area (Å²) in [5.74, 6) is -0.632. The fraction of sp³-hybridized carbons (Fsp3) is 0.786. The second-order valence-corrected chi connectivity index (χ2v) is 8.57. The summed E-state index contributed by atoms with van der Waals surface area (Å²) >= 11 is 0. The van der Waals surface area contributed by atoms with Gasteiger partial charge in [-0.15, -0.1) is 0 Å². The number of carbonyl (C=O) groups is 2. The summed E-state index contributed by atoms with van der Waals surface area (Å²) in [4.78, 5) is 23.4. The van der Waals surface area contributed by atoms with E-state index in [4.69, 9.17) is 9.47 Å². The van der Waals surface area contributed by atoms with Crippen molar-refractivity contribution in [1.29, 1.82) is 0 Å². The van der Waals surface area contributed by atoms with Crippen LogP contribution in [-0.4, -0.2) is 25.2 Å². The summed E-state index contributed by atoms with van der Waals surface area (Å²) in [5, 5.41) is 0. The Balaban J connectivity index is 3.43. The van der Waals surface area contributed by atoms with E-state index >= 15 is 0 Å². The van der Waals surface area contributed by atoms with Crippen molar-refractivity contribution < 1.29 is 19.1 Å². The molecular formula is C28H50O4. The van der Waals surface area contributed by atoms with E-state index in [1.165, 1.54) is 64.2 Å². The predicted molar refractivity (Wildman–Crippen MR) is 135 cm³/mol. The lowest BCUT2D eigenvalue weighted by Gasteiger charge is -2.05. The number of hydrogen-bond acceptors (Lipinski definition) is 4. The molecule has 0 aromatic rings. The number of carbonyl (C=O) groups excluding carboxylic acids is 2. The Morgan fingerprint density at radius 1 is 0.500 bits per heavy atom. The highest BCUT2D eigenvalue weighted by Gasteiger charge is 2.08. The molecule has 0 aliphatic heterocycles. The summed E-state index contributed by atoms with van der Waals surface area (Å²) in [6.07, 6.45) is 27.9. The molecule has 4 nitrogen and oxygen atoms in total. The van der Waals surface area contributed by atoms with Gasteiger partial charge in [-0.25, -0.2) is 0 Å². The third-order valence-corrected chi connectivity index (χ3v) is 5.37. The molecule has 186 valence electrons. The number of unbranched alkanes of at least 4 members (excludes halogenated alkanes) is 12. The molecule has 0 atom stereocenters. The van der Waals surface area contributed by atoms with Crippen molar-refractivity contribution in [2.45, 2.75) is 129 Å². The van der Waals surface area contributed by atoms with Crippen LogP contribution in [0, 0.1) is 0 Å². The fourth-order valence-electron chi connectivity index (χ4n) is 3.33. The summed E-state index contributed by atoms with van der Waals surface area (Å²) < 4.78 is 10.4. The van der Waals surface area contributed by atoms with Crippen molar-refractivity contribution in [2.75, 3.05) is 13.2 Å². The lowest BCUT2D eigenvalue weighted by atomic mass is 10.1. The van der Waals surface area contributed by atoms with Crippen molar-refractivity contribution in [1.82, 2.24) is 0 Å². The first kappa shape index (κ1) is 30.4. The van der Waals surface area contributed by atoms with E-state index in [0.29, 0.717) is 13.2 Å². The second-order valence-electron chi connectivity index (χ2n) is 8.57. The molecular weight excluding hydrogens is 400 g/mol. The lowest BCUT2D eigenvalue weighted by molar-refractivity contribution is -0.150. The number of rotatable bonds is 23. The zero-order valence-electron chi connectivity index (χ0n) is 21.1. The summed E-state index contributed by atoms with van der Waals surface area (Å²) in [6, 6.07) is 0. The molecule has 0 bridgehead atoms. The molecule has 0 aliphatic rings. The van der Waals surface area contributed by atoms with Crippen molar-refractivity contribution in [3.05, 3.63) is 24.3 Å². The smallest absolute Gasteiger partial charge is 0.306 e. The third-order valence-electron chi connectivity index (χ3n) is 5.37. The van der Waals surface area contributed by atoms with Crippen LogP contribution in [0.5, 0.6) is 0 Å². The molecule has 0 spiro atoms. The number of esters is 2. The van der Waals surface area contributed by atoms with Gasteiger partial charge < -0.3 is 9.47 Å². The molecule has 0 rings (SSSR count). The highest BCUT2D eigenvalue weighted by Crippen LogP contribution is 2.07. The van der Waals surface area contributed by atoms with Crippen LogP contribution in [0.1, 0.15) is 129 Å². The number of hydrogen-bond donors (Lipinski definition) is 0. The first-order chi connectivity index (χ1) is 15.7. The van der Waals surface area contributed by atoms with Crippen molar-refractivity contribution in [3.63, 3.8) is 0 Å². The van der Waals surface area contributed by atoms with Crippen molar-refractivity contribution in [3.8, 4) is 0 Å². The van der Waals surface area contributed by atoms with Crippen molar-refractivity contribution in [2.24, 2.45) is 0 Å². The molecule has 0 aliphatic carbocycles. The molecule has 0 amide bonds. The van der Waals surface area contributed by atoms with Crippen LogP contribution in [-0.2, 0) is 19.1 Å². The predicted octanol–water partition coefficient (Wildman–Crippen LogP) is 8.25. The zero-order valence-corrected chi connectivity index (χ0v) is 21.1. The topological polar surface area (TPSA) is 52.6 Å². The van der Waals surface area contributed by atoms with E-state index in [0.717, 1.165) is 38.5 Å². The van der Waals surface area contributed by atoms with Gasteiger partial charge in [-0.3, -0.25) is 9.59 Å². The molecule has 0 saturated carbocycles. The Labute approximate surface area is 198 Å². The second kappa shape index (κ2) is 25.7. The van der Waals surface area contributed by atoms with Gasteiger partial charge in [-0.05, 0) is 51.4 Å². The minimum atomic E-state index is -0.316. The molecule has 4 heteroatoms. The van der Waals surface area contributed by atoms with Crippen LogP contribution in [0.25, 0.3) is 0 Å². The van der Waals surface area contributed by atoms with E-state index in [1.54, 1.807) is 0 Å². The van der Waals surface area contributed by atoms with Crippen LogP contribution in [0.15, 0.2) is 24.3 Å². The van der Waals surface area contributed by atoms with Gasteiger partial charge in [0.1, 0.15) is 0 Å². The summed E-state index contributed by atoms with van der Waals surface area (Å²) in [7, 11) is 0. The Morgan fingerprint density at radius 2 is 0.844 bits per heavy atom. The van der Waals surface area contributed by atoms with E-state index in [-0.39, 0.29) is 24.8 Å². The van der Waals surface area contributed by atoms with Gasteiger partial charge in [0.15, 0.2) is 0 Å². The Morgan fingerprint density at radius 3 is 1.22 bits per heavy atom. The fourth-order valence-corrected chi connectivity index (χ4v) is 3.33. The van der Waals surface area contributed by atoms with Gasteiger partial charge in [-0.1, -0.05) is 89.5 Å². The summed E-state index contributed by atoms with van der Waals surface area (Å²) in [5.41, 5.74) is 0. The zero-order chi connectivity index (χ0) is 23.5. The van der Waals surface area contributed by atoms with Crippen molar-refractivity contribution >= 4 is 11.9 Å². The first-order valence-electron chi connectivity index (χ1n) is 13.3. The third kappa shape index (κ3) is 24.7. The van der Waals surface area contributed by atoms with E-state index < -0.39 is 0 Å². The SMILES string of the molecule is CCCCCCC/C=C/CCCOC(=O)CCC(=O)OCCC/C=C/CCCCCCC. The highest BCUT2D eigenvalue weighted by molar-refractivity contribution is 5.77. The molecule has 0 N–H and O–H groups in total. The van der Waals surface area contributed by atoms with Crippen LogP contribution in [0.2, 0.25) is 0 Å². The molecule has 0 unspecified atom stereocenters. The van der Waals surface area contributed by atoms with Crippen LogP contribution < -0.4 is 0 Å². The lowest BCUT2D eigenvalue weighted by Crippen LogP contribution is -2.11. The molecule has 0 fully saturated rings. The van der Waals surface area contributed by atoms with E-state index in [1.807, 2.05) is 0 Å². The van der Waals surface area contributed by atoms with Gasteiger partial charge in [0.05, 0.1) is 26.1 Å². The Kier molecular flexibility index (Phi) is 24.4. The van der Waals surface area contributed by atoms with Gasteiger partial charge in [0.2, 0.25) is 0 Å². The largest absolute Gasteiger partial charge is 0.466 e. The maximum atomic E-state index is 11.7. The van der Waals surface area contributed by atoms with Gasteiger partial charge in [-0.2, -0.15) is 0 Å². The average Bonchev–Trinajstić information content (AvgIpc) is 2.79. The molecule has 0 saturated heterocycles. The standard InChI is InChI=1S/C28H50O4/c1-3-5-7-9-11-13-15-17-19-21-25-31-27(29)23-24-28(30)32-26-22-20-18-16-14-12-10-8-6-4-2/h15-18H,3-14,19-26H2,1-2H3/b17-15+,18-16+. The highest BCUT2D eigenvalue weighted by atomic mass is 16.5. The van der Waals surface area contributed by atoms with Crippen LogP contribution >= 0.6 is 0 Å². The van der Waals surface area contributed by atoms with Gasteiger partial charge >= 0.3 is 11.9 Å². The summed E-state index contributed by atoms with van der Waals surface area (Å²) in [6.45, 7) is 5.30.